The number of fused-ring (bicyclic) bond motifs is 2. The number of nitrogens with one attached hydrogen (secondary N) is 1. The zero-order valence-electron chi connectivity index (χ0n) is 14.3. The van der Waals surface area contributed by atoms with Crippen molar-refractivity contribution in [2.24, 2.45) is 0 Å². The van der Waals surface area contributed by atoms with Crippen molar-refractivity contribution < 1.29 is 19.1 Å². The molecule has 0 unspecified atom stereocenters. The Morgan fingerprint density at radius 1 is 1.33 bits per heavy atom. The molecule has 10 heteroatoms. The van der Waals surface area contributed by atoms with E-state index >= 15 is 0 Å². The van der Waals surface area contributed by atoms with Crippen LogP contribution in [0.15, 0.2) is 29.3 Å². The summed E-state index contributed by atoms with van der Waals surface area (Å²) in [6, 6.07) is 5.19. The molecule has 2 aromatic heterocycles. The molecule has 0 saturated heterocycles. The van der Waals surface area contributed by atoms with Crippen LogP contribution in [0.5, 0.6) is 5.75 Å². The van der Waals surface area contributed by atoms with Crippen LogP contribution < -0.4 is 10.1 Å². The van der Waals surface area contributed by atoms with E-state index in [1.54, 1.807) is 16.8 Å². The fourth-order valence-corrected chi connectivity index (χ4v) is 3.81. The molecule has 3 heterocycles. The number of methoxy groups -OCH3 is 2. The molecule has 0 spiro atoms. The second-order valence-electron chi connectivity index (χ2n) is 5.63. The van der Waals surface area contributed by atoms with Gasteiger partial charge in [-0.1, -0.05) is 11.6 Å². The van der Waals surface area contributed by atoms with E-state index in [0.29, 0.717) is 33.8 Å². The first-order valence-corrected chi connectivity index (χ1v) is 9.16. The predicted molar refractivity (Wildman–Crippen MR) is 101 cm³/mol. The van der Waals surface area contributed by atoms with E-state index in [2.05, 4.69) is 15.4 Å². The molecule has 4 rings (SSSR count). The summed E-state index contributed by atoms with van der Waals surface area (Å²) in [5.74, 6) is 0.145. The first-order chi connectivity index (χ1) is 13.0. The zero-order valence-corrected chi connectivity index (χ0v) is 15.8. The van der Waals surface area contributed by atoms with E-state index in [4.69, 9.17) is 21.1 Å². The van der Waals surface area contributed by atoms with Gasteiger partial charge in [0.1, 0.15) is 16.6 Å². The second kappa shape index (κ2) is 6.75. The summed E-state index contributed by atoms with van der Waals surface area (Å²) in [7, 11) is 2.81. The van der Waals surface area contributed by atoms with Crippen LogP contribution in [0, 0.1) is 0 Å². The summed E-state index contributed by atoms with van der Waals surface area (Å²) < 4.78 is 11.9. The fraction of sp³-hybridized carbons (Fsp3) is 0.176. The number of aromatic nitrogens is 3. The Hall–Kier alpha value is -2.78. The van der Waals surface area contributed by atoms with Gasteiger partial charge in [0.05, 0.1) is 36.6 Å². The lowest BCUT2D eigenvalue weighted by atomic mass is 10.2. The summed E-state index contributed by atoms with van der Waals surface area (Å²) in [5, 5.41) is 8.00. The highest BCUT2D eigenvalue weighted by Crippen LogP contribution is 2.39. The van der Waals surface area contributed by atoms with Gasteiger partial charge >= 0.3 is 5.97 Å². The highest BCUT2D eigenvalue weighted by Gasteiger charge is 2.24. The Kier molecular flexibility index (Phi) is 4.40. The summed E-state index contributed by atoms with van der Waals surface area (Å²) in [6.45, 7) is 0. The molecule has 1 aromatic carbocycles. The quantitative estimate of drug-likeness (QED) is 0.529. The maximum absolute atomic E-state index is 12.1. The van der Waals surface area contributed by atoms with Crippen molar-refractivity contribution in [3.8, 4) is 11.4 Å². The normalized spacial score (nSPS) is 13.2. The minimum absolute atomic E-state index is 0.0716. The number of hydrogen-bond donors (Lipinski definition) is 1. The molecule has 8 nitrogen and oxygen atoms in total. The molecule has 0 atom stereocenters. The lowest BCUT2D eigenvalue weighted by Crippen LogP contribution is -2.19. The van der Waals surface area contributed by atoms with Crippen molar-refractivity contribution in [1.82, 2.24) is 14.8 Å². The van der Waals surface area contributed by atoms with Crippen LogP contribution in [0.3, 0.4) is 0 Å². The molecule has 0 bridgehead atoms. The van der Waals surface area contributed by atoms with Crippen LogP contribution in [0.2, 0.25) is 5.15 Å². The number of ether oxygens (including phenoxy) is 2. The van der Waals surface area contributed by atoms with Crippen LogP contribution in [0.25, 0.3) is 16.6 Å². The van der Waals surface area contributed by atoms with Crippen molar-refractivity contribution in [3.63, 3.8) is 0 Å². The average Bonchev–Trinajstić information content (AvgIpc) is 3.04. The number of carbonyl (C=O) groups is 2. The van der Waals surface area contributed by atoms with Gasteiger partial charge < -0.3 is 14.8 Å². The molecule has 0 fully saturated rings. The smallest absolute Gasteiger partial charge is 0.359 e. The van der Waals surface area contributed by atoms with Crippen LogP contribution in [-0.2, 0) is 9.53 Å². The topological polar surface area (TPSA) is 95.3 Å². The van der Waals surface area contributed by atoms with Crippen LogP contribution >= 0.6 is 23.4 Å². The maximum Gasteiger partial charge on any atom is 0.359 e. The molecular formula is C17H13ClN4O4S. The summed E-state index contributed by atoms with van der Waals surface area (Å²) in [4.78, 5) is 28.7. The molecule has 1 amide bonds. The van der Waals surface area contributed by atoms with Gasteiger partial charge in [-0.25, -0.2) is 14.5 Å². The molecule has 0 radical (unpaired) electrons. The standard InChI is InChI=1S/C17H13ClN4O4S/c1-25-12-3-9-13(27-7-15(23)20-9)4-11(12)22-10-5-14(18)19-6-8(10)16(21-22)17(24)26-2/h3-6H,7H2,1-2H3,(H,20,23). The van der Waals surface area contributed by atoms with E-state index in [9.17, 15) is 9.59 Å². The number of anilines is 1. The number of pyridine rings is 1. The van der Waals surface area contributed by atoms with Gasteiger partial charge in [-0.05, 0) is 6.07 Å². The Bertz CT molecular complexity index is 1100. The molecule has 138 valence electrons. The van der Waals surface area contributed by atoms with E-state index in [1.807, 2.05) is 6.07 Å². The van der Waals surface area contributed by atoms with Gasteiger partial charge in [0.15, 0.2) is 5.69 Å². The van der Waals surface area contributed by atoms with Crippen molar-refractivity contribution in [1.29, 1.82) is 0 Å². The lowest BCUT2D eigenvalue weighted by Gasteiger charge is -2.19. The Balaban J connectivity index is 1.98. The lowest BCUT2D eigenvalue weighted by molar-refractivity contribution is -0.113. The average molecular weight is 405 g/mol. The molecule has 1 aliphatic rings. The van der Waals surface area contributed by atoms with Crippen molar-refractivity contribution in [2.75, 3.05) is 25.3 Å². The minimum atomic E-state index is -0.582. The summed E-state index contributed by atoms with van der Waals surface area (Å²) >= 11 is 7.47. The molecular weight excluding hydrogens is 392 g/mol. The number of hydrogen-bond acceptors (Lipinski definition) is 7. The van der Waals surface area contributed by atoms with E-state index in [0.717, 1.165) is 4.90 Å². The number of thioether (sulfide) groups is 1. The minimum Gasteiger partial charge on any atom is -0.494 e. The van der Waals surface area contributed by atoms with Gasteiger partial charge in [-0.3, -0.25) is 4.79 Å². The maximum atomic E-state index is 12.1. The second-order valence-corrected chi connectivity index (χ2v) is 7.04. The van der Waals surface area contributed by atoms with Gasteiger partial charge in [-0.15, -0.1) is 11.8 Å². The number of carbonyl (C=O) groups excluding carboxylic acids is 2. The Morgan fingerprint density at radius 2 is 2.15 bits per heavy atom. The highest BCUT2D eigenvalue weighted by molar-refractivity contribution is 8.00. The van der Waals surface area contributed by atoms with Gasteiger partial charge in [-0.2, -0.15) is 5.10 Å². The van der Waals surface area contributed by atoms with Gasteiger partial charge in [0, 0.05) is 23.2 Å². The van der Waals surface area contributed by atoms with Crippen molar-refractivity contribution in [3.05, 3.63) is 35.2 Å². The molecule has 27 heavy (non-hydrogen) atoms. The summed E-state index contributed by atoms with van der Waals surface area (Å²) in [5.41, 5.74) is 1.97. The Labute approximate surface area is 162 Å². The van der Waals surface area contributed by atoms with Crippen LogP contribution in [0.1, 0.15) is 10.5 Å². The van der Waals surface area contributed by atoms with Crippen LogP contribution in [-0.4, -0.2) is 46.6 Å². The molecule has 3 aromatic rings. The van der Waals surface area contributed by atoms with Gasteiger partial charge in [0.2, 0.25) is 5.91 Å². The van der Waals surface area contributed by atoms with Crippen LogP contribution in [0.4, 0.5) is 5.69 Å². The number of halogens is 1. The first kappa shape index (κ1) is 17.6. The van der Waals surface area contributed by atoms with E-state index in [1.165, 1.54) is 32.2 Å². The number of benzene rings is 1. The highest BCUT2D eigenvalue weighted by atomic mass is 35.5. The summed E-state index contributed by atoms with van der Waals surface area (Å²) in [6.07, 6.45) is 1.48. The fourth-order valence-electron chi connectivity index (χ4n) is 2.84. The molecule has 1 N–H and O–H groups in total. The SMILES string of the molecule is COC(=O)c1nn(-c2cc3c(cc2OC)NC(=O)CS3)c2cc(Cl)ncc12. The molecule has 1 aliphatic heterocycles. The molecule has 0 saturated carbocycles. The zero-order chi connectivity index (χ0) is 19.1. The monoisotopic (exact) mass is 404 g/mol. The number of esters is 1. The predicted octanol–water partition coefficient (Wildman–Crippen LogP) is 2.91. The Morgan fingerprint density at radius 3 is 2.89 bits per heavy atom. The third-order valence-corrected chi connectivity index (χ3v) is 5.31. The number of nitrogens with zero attached hydrogens (tertiary/aromatic N) is 3. The van der Waals surface area contributed by atoms with Gasteiger partial charge in [0.25, 0.3) is 0 Å². The molecule has 0 aliphatic carbocycles. The van der Waals surface area contributed by atoms with Crippen molar-refractivity contribution in [2.45, 2.75) is 4.90 Å². The largest absolute Gasteiger partial charge is 0.494 e. The third kappa shape index (κ3) is 2.98. The van der Waals surface area contributed by atoms with E-state index < -0.39 is 5.97 Å². The number of rotatable bonds is 3. The first-order valence-electron chi connectivity index (χ1n) is 7.79. The third-order valence-electron chi connectivity index (χ3n) is 4.05. The van der Waals surface area contributed by atoms with Crippen molar-refractivity contribution >= 4 is 51.8 Å². The van der Waals surface area contributed by atoms with E-state index in [-0.39, 0.29) is 16.8 Å². The number of amides is 1.